The predicted octanol–water partition coefficient (Wildman–Crippen LogP) is 5.96. The van der Waals surface area contributed by atoms with Crippen LogP contribution in [0.3, 0.4) is 0 Å². The van der Waals surface area contributed by atoms with Crippen LogP contribution < -0.4 is 15.3 Å². The van der Waals surface area contributed by atoms with Crippen LogP contribution in [0.4, 0.5) is 21.0 Å². The molecule has 0 spiro atoms. The number of aromatic nitrogens is 10. The fraction of sp³-hybridized carbons (Fsp3) is 0.421. The first-order chi connectivity index (χ1) is 27.9. The Morgan fingerprint density at radius 1 is 0.810 bits per heavy atom. The Bertz CT molecular complexity index is 2570. The Balaban J connectivity index is 0.927. The smallest absolute Gasteiger partial charge is 0.362 e. The predicted molar refractivity (Wildman–Crippen MR) is 207 cm³/mol. The molecular formula is C38H39Cl2N14O4+. The quantitative estimate of drug-likeness (QED) is 0.181. The number of urea groups is 2. The molecule has 4 aromatic heterocycles. The molecule has 6 aromatic rings. The lowest BCUT2D eigenvalue weighted by Crippen LogP contribution is -2.76. The number of carbonyl (C=O) groups is 2. The number of rotatable bonds is 7. The number of amides is 4. The van der Waals surface area contributed by atoms with Crippen LogP contribution in [-0.4, -0.2) is 78.8 Å². The number of halogens is 2. The van der Waals surface area contributed by atoms with Gasteiger partial charge in [0.1, 0.15) is 29.8 Å². The topological polar surface area (TPSA) is 195 Å². The first-order valence-corrected chi connectivity index (χ1v) is 19.8. The van der Waals surface area contributed by atoms with Crippen LogP contribution in [-0.2, 0) is 25.2 Å². The van der Waals surface area contributed by atoms with E-state index in [1.807, 2.05) is 9.58 Å². The summed E-state index contributed by atoms with van der Waals surface area (Å²) in [6, 6.07) is 9.34. The van der Waals surface area contributed by atoms with Gasteiger partial charge in [-0.1, -0.05) is 37.0 Å². The van der Waals surface area contributed by atoms with E-state index in [1.54, 1.807) is 83.8 Å². The van der Waals surface area contributed by atoms with Gasteiger partial charge in [0.15, 0.2) is 11.6 Å². The fourth-order valence-electron chi connectivity index (χ4n) is 10.1. The molecule has 58 heavy (non-hydrogen) atoms. The van der Waals surface area contributed by atoms with Crippen LogP contribution in [0.25, 0.3) is 22.8 Å². The van der Waals surface area contributed by atoms with Gasteiger partial charge >= 0.3 is 18.5 Å². The van der Waals surface area contributed by atoms with E-state index in [-0.39, 0.29) is 36.1 Å². The van der Waals surface area contributed by atoms with Crippen molar-refractivity contribution in [2.75, 3.05) is 10.6 Å². The Kier molecular flexibility index (Phi) is 8.38. The van der Waals surface area contributed by atoms with E-state index < -0.39 is 11.1 Å². The number of piperidine rings is 2. The fourth-order valence-corrected chi connectivity index (χ4v) is 10.5. The summed E-state index contributed by atoms with van der Waals surface area (Å²) in [6.07, 6.45) is 9.50. The highest BCUT2D eigenvalue weighted by molar-refractivity contribution is 6.33. The van der Waals surface area contributed by atoms with Crippen molar-refractivity contribution in [1.82, 2.24) is 54.6 Å². The minimum absolute atomic E-state index is 0.0182. The van der Waals surface area contributed by atoms with Crippen molar-refractivity contribution >= 4 is 46.6 Å². The third-order valence-corrected chi connectivity index (χ3v) is 12.9. The number of hydrogen-bond acceptors (Lipinski definition) is 11. The summed E-state index contributed by atoms with van der Waals surface area (Å²) in [5.74, 6) is 2.12. The first kappa shape index (κ1) is 36.5. The highest BCUT2D eigenvalue weighted by Gasteiger charge is 2.70. The number of nitrogens with one attached hydrogen (secondary N) is 2. The van der Waals surface area contributed by atoms with Crippen LogP contribution in [0.5, 0.6) is 0 Å². The van der Waals surface area contributed by atoms with Crippen molar-refractivity contribution in [3.8, 4) is 22.8 Å². The molecule has 4 bridgehead atoms. The Hall–Kier alpha value is -5.88. The molecule has 18 nitrogen and oxygen atoms in total. The second-order valence-corrected chi connectivity index (χ2v) is 16.9. The van der Waals surface area contributed by atoms with Crippen molar-refractivity contribution in [1.29, 1.82) is 0 Å². The molecule has 0 radical (unpaired) electrons. The maximum atomic E-state index is 14.4. The summed E-state index contributed by atoms with van der Waals surface area (Å²) in [5, 5.41) is 29.2. The average molecular weight is 827 g/mol. The Morgan fingerprint density at radius 3 is 2.02 bits per heavy atom. The van der Waals surface area contributed by atoms with Gasteiger partial charge in [-0.15, -0.1) is 10.2 Å². The second-order valence-electron chi connectivity index (χ2n) is 16.1. The lowest BCUT2D eigenvalue weighted by molar-refractivity contribution is -0.794. The zero-order valence-corrected chi connectivity index (χ0v) is 33.5. The second kappa shape index (κ2) is 13.3. The molecule has 2 aromatic carbocycles. The maximum Gasteiger partial charge on any atom is 0.362 e. The number of benzene rings is 2. The minimum atomic E-state index is -0.812. The molecule has 20 heteroatoms. The lowest BCUT2D eigenvalue weighted by atomic mass is 9.61. The van der Waals surface area contributed by atoms with Gasteiger partial charge in [0.2, 0.25) is 18.3 Å². The molecule has 5 aliphatic rings. The average Bonchev–Trinajstić information content (AvgIpc) is 4.01. The van der Waals surface area contributed by atoms with Crippen LogP contribution in [0.15, 0.2) is 70.7 Å². The van der Waals surface area contributed by atoms with Crippen LogP contribution in [0.2, 0.25) is 10.0 Å². The molecule has 3 saturated heterocycles. The van der Waals surface area contributed by atoms with E-state index in [2.05, 4.69) is 54.8 Å². The Morgan fingerprint density at radius 2 is 1.43 bits per heavy atom. The third kappa shape index (κ3) is 5.66. The third-order valence-electron chi connectivity index (χ3n) is 12.2. The largest absolute Gasteiger partial charge is 0.425 e. The summed E-state index contributed by atoms with van der Waals surface area (Å²) in [5.41, 5.74) is 0.740. The monoisotopic (exact) mass is 825 g/mol. The number of hydrogen-bond donors (Lipinski definition) is 2. The number of carbonyl (C=O) groups excluding carboxylic acids is 2. The zero-order chi connectivity index (χ0) is 40.1. The van der Waals surface area contributed by atoms with Crippen LogP contribution >= 0.6 is 23.2 Å². The maximum absolute atomic E-state index is 14.4. The summed E-state index contributed by atoms with van der Waals surface area (Å²) >= 11 is 13.0. The lowest BCUT2D eigenvalue weighted by Gasteiger charge is -2.61. The minimum Gasteiger partial charge on any atom is -0.425 e. The van der Waals surface area contributed by atoms with Crippen molar-refractivity contribution in [2.24, 2.45) is 25.9 Å². The summed E-state index contributed by atoms with van der Waals surface area (Å²) in [7, 11) is 3.55. The van der Waals surface area contributed by atoms with Gasteiger partial charge in [-0.25, -0.2) is 19.6 Å². The zero-order valence-electron chi connectivity index (χ0n) is 32.0. The molecule has 5 fully saturated rings. The van der Waals surface area contributed by atoms with E-state index in [0.29, 0.717) is 81.2 Å². The van der Waals surface area contributed by atoms with E-state index in [4.69, 9.17) is 37.1 Å². The molecule has 7 atom stereocenters. The van der Waals surface area contributed by atoms with E-state index in [9.17, 15) is 9.59 Å². The molecule has 2 aliphatic carbocycles. The molecule has 11 rings (SSSR count). The van der Waals surface area contributed by atoms with Gasteiger partial charge in [-0.2, -0.15) is 10.2 Å². The van der Waals surface area contributed by atoms with Crippen molar-refractivity contribution in [2.45, 2.75) is 75.2 Å². The number of likely N-dealkylation sites (tertiary alicyclic amines) is 1. The van der Waals surface area contributed by atoms with Gasteiger partial charge in [-0.3, -0.25) is 14.3 Å². The van der Waals surface area contributed by atoms with Gasteiger partial charge in [0.25, 0.3) is 5.89 Å². The Labute approximate surface area is 341 Å². The first-order valence-electron chi connectivity index (χ1n) is 19.1. The van der Waals surface area contributed by atoms with E-state index in [1.165, 1.54) is 6.39 Å². The molecule has 4 amide bonds. The number of aryl methyl sites for hydroxylation is 2. The summed E-state index contributed by atoms with van der Waals surface area (Å²) in [4.78, 5) is 40.9. The number of nitrogens with zero attached hydrogens (tertiary/aromatic N) is 12. The normalized spacial score (nSPS) is 27.2. The molecule has 4 unspecified atom stereocenters. The van der Waals surface area contributed by atoms with Gasteiger partial charge in [0, 0.05) is 66.5 Å². The van der Waals surface area contributed by atoms with Crippen molar-refractivity contribution in [3.05, 3.63) is 83.7 Å². The number of fused-ring (bicyclic) bond motifs is 4. The molecule has 2 N–H and O–H groups in total. The molecule has 7 heterocycles. The van der Waals surface area contributed by atoms with Crippen LogP contribution in [0, 0.1) is 11.8 Å². The standard InChI is InChI=1S/C38H38Cl2N14O4/c1-20-9-24-14-37(12-20,53(24)35(55)44-22-5-7-27(39)25(10-22)31-41-16-50(3)47-31)34-49-52(19-58-34)30-21(2)13-38(33-46-43-18-57-33)15-29(30)54(38)36(56)45-23-6-8-28(40)26(11-23)32-42-17-51(4)48-32/h5-8,10-11,16-21,24,29-30H,9,12-15H2,1-4H3,(H-,44,45,55,56)/p+1/t20-,21-,24-,29?,30?,37?,38?/m1/s1. The van der Waals surface area contributed by atoms with Crippen LogP contribution in [0.1, 0.15) is 63.8 Å². The van der Waals surface area contributed by atoms with Crippen molar-refractivity contribution < 1.29 is 23.1 Å². The highest BCUT2D eigenvalue weighted by atomic mass is 35.5. The molecular weight excluding hydrogens is 787 g/mol. The highest BCUT2D eigenvalue weighted by Crippen LogP contribution is 2.59. The van der Waals surface area contributed by atoms with Gasteiger partial charge < -0.3 is 24.4 Å². The van der Waals surface area contributed by atoms with E-state index in [0.717, 1.165) is 12.8 Å². The molecule has 3 aliphatic heterocycles. The van der Waals surface area contributed by atoms with Crippen molar-refractivity contribution in [3.63, 3.8) is 0 Å². The number of anilines is 2. The van der Waals surface area contributed by atoms with Gasteiger partial charge in [-0.05, 0) is 66.3 Å². The molecule has 2 saturated carbocycles. The molecule has 298 valence electrons. The SMILES string of the molecule is C[C@@H]1C[C@@H]2CC(c3n[n+](C4C5CC(c6nnco6)(C[C@H]4C)N5C(=O)Nc4ccc(Cl)c(-c5ncn(C)n5)c4)co3)(C1)N2C(=O)Nc1ccc(Cl)c(-c2ncn(C)n2)c1. The van der Waals surface area contributed by atoms with Gasteiger partial charge in [0.05, 0.1) is 10.0 Å². The van der Waals surface area contributed by atoms with E-state index >= 15 is 0 Å². The summed E-state index contributed by atoms with van der Waals surface area (Å²) in [6.45, 7) is 4.32. The summed E-state index contributed by atoms with van der Waals surface area (Å²) < 4.78 is 17.1.